The van der Waals surface area contributed by atoms with Gasteiger partial charge in [0.2, 0.25) is 5.91 Å². The van der Waals surface area contributed by atoms with E-state index < -0.39 is 0 Å². The summed E-state index contributed by atoms with van der Waals surface area (Å²) < 4.78 is 0.972. The SMILES string of the molecule is Cc1ccc(C(=O)N2CCC(C(N)=O)CC2)c(I)c1. The molecule has 19 heavy (non-hydrogen) atoms. The van der Waals surface area contributed by atoms with E-state index in [4.69, 9.17) is 5.73 Å². The van der Waals surface area contributed by atoms with E-state index in [0.717, 1.165) is 14.7 Å². The summed E-state index contributed by atoms with van der Waals surface area (Å²) in [6, 6.07) is 5.83. The lowest BCUT2D eigenvalue weighted by Gasteiger charge is -2.30. The first-order valence-corrected chi connectivity index (χ1v) is 7.41. The van der Waals surface area contributed by atoms with Crippen molar-refractivity contribution in [2.75, 3.05) is 13.1 Å². The topological polar surface area (TPSA) is 63.4 Å². The number of hydrogen-bond acceptors (Lipinski definition) is 2. The third kappa shape index (κ3) is 3.26. The Labute approximate surface area is 126 Å². The van der Waals surface area contributed by atoms with E-state index in [2.05, 4.69) is 22.6 Å². The zero-order chi connectivity index (χ0) is 14.0. The molecule has 0 atom stereocenters. The van der Waals surface area contributed by atoms with E-state index in [1.807, 2.05) is 30.0 Å². The fraction of sp³-hybridized carbons (Fsp3) is 0.429. The number of likely N-dealkylation sites (tertiary alicyclic amines) is 1. The molecule has 4 nitrogen and oxygen atoms in total. The Bertz CT molecular complexity index is 508. The maximum atomic E-state index is 12.4. The quantitative estimate of drug-likeness (QED) is 0.807. The van der Waals surface area contributed by atoms with Crippen LogP contribution in [-0.2, 0) is 4.79 Å². The predicted molar refractivity (Wildman–Crippen MR) is 81.7 cm³/mol. The largest absolute Gasteiger partial charge is 0.369 e. The number of nitrogens with zero attached hydrogens (tertiary/aromatic N) is 1. The minimum atomic E-state index is -0.253. The van der Waals surface area contributed by atoms with Gasteiger partial charge in [0.1, 0.15) is 0 Å². The van der Waals surface area contributed by atoms with Crippen LogP contribution in [0.4, 0.5) is 0 Å². The van der Waals surface area contributed by atoms with Crippen LogP contribution in [0.1, 0.15) is 28.8 Å². The van der Waals surface area contributed by atoms with Gasteiger partial charge in [0.25, 0.3) is 5.91 Å². The summed E-state index contributed by atoms with van der Waals surface area (Å²) in [6.07, 6.45) is 1.34. The van der Waals surface area contributed by atoms with Crippen molar-refractivity contribution in [2.24, 2.45) is 11.7 Å². The van der Waals surface area contributed by atoms with Crippen molar-refractivity contribution >= 4 is 34.4 Å². The second-order valence-electron chi connectivity index (χ2n) is 4.95. The van der Waals surface area contributed by atoms with E-state index in [-0.39, 0.29) is 17.7 Å². The number of carbonyl (C=O) groups is 2. The van der Waals surface area contributed by atoms with Gasteiger partial charge in [-0.05, 0) is 54.5 Å². The van der Waals surface area contributed by atoms with Crippen molar-refractivity contribution in [1.29, 1.82) is 0 Å². The summed E-state index contributed by atoms with van der Waals surface area (Å²) >= 11 is 2.19. The van der Waals surface area contributed by atoms with Gasteiger partial charge >= 0.3 is 0 Å². The van der Waals surface area contributed by atoms with Crippen molar-refractivity contribution in [2.45, 2.75) is 19.8 Å². The molecule has 102 valence electrons. The molecule has 0 unspecified atom stereocenters. The molecule has 1 fully saturated rings. The molecule has 1 saturated heterocycles. The standard InChI is InChI=1S/C14H17IN2O2/c1-9-2-3-11(12(15)8-9)14(19)17-6-4-10(5-7-17)13(16)18/h2-3,8,10H,4-7H2,1H3,(H2,16,18). The van der Waals surface area contributed by atoms with Gasteiger partial charge in [-0.1, -0.05) is 11.6 Å². The van der Waals surface area contributed by atoms with E-state index in [1.165, 1.54) is 0 Å². The molecule has 1 aliphatic rings. The predicted octanol–water partition coefficient (Wildman–Crippen LogP) is 1.94. The lowest BCUT2D eigenvalue weighted by atomic mass is 9.96. The highest BCUT2D eigenvalue weighted by Gasteiger charge is 2.27. The van der Waals surface area contributed by atoms with Gasteiger partial charge in [0.05, 0.1) is 5.56 Å². The highest BCUT2D eigenvalue weighted by molar-refractivity contribution is 14.1. The maximum Gasteiger partial charge on any atom is 0.254 e. The fourth-order valence-electron chi connectivity index (χ4n) is 2.33. The first kappa shape index (κ1) is 14.3. The van der Waals surface area contributed by atoms with E-state index in [0.29, 0.717) is 25.9 Å². The molecule has 2 N–H and O–H groups in total. The highest BCUT2D eigenvalue weighted by atomic mass is 127. The van der Waals surface area contributed by atoms with Crippen LogP contribution in [0.2, 0.25) is 0 Å². The third-order valence-electron chi connectivity index (χ3n) is 3.54. The Balaban J connectivity index is 2.07. The van der Waals surface area contributed by atoms with Gasteiger partial charge in [-0.15, -0.1) is 0 Å². The Kier molecular flexibility index (Phi) is 4.44. The van der Waals surface area contributed by atoms with Crippen LogP contribution in [0.25, 0.3) is 0 Å². The molecule has 1 aliphatic heterocycles. The third-order valence-corrected chi connectivity index (χ3v) is 4.43. The Morgan fingerprint density at radius 3 is 2.47 bits per heavy atom. The number of amides is 2. The molecule has 0 aromatic heterocycles. The number of benzene rings is 1. The molecule has 2 amide bonds. The number of hydrogen-bond donors (Lipinski definition) is 1. The molecule has 5 heteroatoms. The summed E-state index contributed by atoms with van der Waals surface area (Å²) in [6.45, 7) is 3.22. The van der Waals surface area contributed by atoms with Crippen LogP contribution in [0.5, 0.6) is 0 Å². The van der Waals surface area contributed by atoms with Gasteiger partial charge in [-0.25, -0.2) is 0 Å². The van der Waals surface area contributed by atoms with Crippen molar-refractivity contribution in [1.82, 2.24) is 4.90 Å². The molecule has 1 aromatic rings. The van der Waals surface area contributed by atoms with Crippen molar-refractivity contribution < 1.29 is 9.59 Å². The number of primary amides is 1. The molecule has 1 heterocycles. The number of aryl methyl sites for hydroxylation is 1. The summed E-state index contributed by atoms with van der Waals surface area (Å²) in [7, 11) is 0. The maximum absolute atomic E-state index is 12.4. The van der Waals surface area contributed by atoms with Gasteiger partial charge in [-0.3, -0.25) is 9.59 Å². The Morgan fingerprint density at radius 1 is 1.32 bits per heavy atom. The molecule has 0 bridgehead atoms. The smallest absolute Gasteiger partial charge is 0.254 e. The first-order chi connectivity index (χ1) is 8.99. The second kappa shape index (κ2) is 5.90. The summed E-state index contributed by atoms with van der Waals surface area (Å²) in [5.41, 5.74) is 7.18. The highest BCUT2D eigenvalue weighted by Crippen LogP contribution is 2.21. The van der Waals surface area contributed by atoms with E-state index in [9.17, 15) is 9.59 Å². The molecular formula is C14H17IN2O2. The van der Waals surface area contributed by atoms with Crippen LogP contribution in [0.15, 0.2) is 18.2 Å². The fourth-order valence-corrected chi connectivity index (χ4v) is 3.23. The number of halogens is 1. The van der Waals surface area contributed by atoms with E-state index >= 15 is 0 Å². The Morgan fingerprint density at radius 2 is 1.95 bits per heavy atom. The van der Waals surface area contributed by atoms with Gasteiger partial charge in [0.15, 0.2) is 0 Å². The van der Waals surface area contributed by atoms with Crippen molar-refractivity contribution in [3.8, 4) is 0 Å². The lowest BCUT2D eigenvalue weighted by Crippen LogP contribution is -2.41. The Hall–Kier alpha value is -1.11. The number of carbonyl (C=O) groups excluding carboxylic acids is 2. The minimum Gasteiger partial charge on any atom is -0.369 e. The van der Waals surface area contributed by atoms with E-state index in [1.54, 1.807) is 0 Å². The first-order valence-electron chi connectivity index (χ1n) is 6.34. The number of rotatable bonds is 2. The van der Waals surface area contributed by atoms with Gasteiger partial charge in [0, 0.05) is 22.6 Å². The minimum absolute atomic E-state index is 0.0484. The monoisotopic (exact) mass is 372 g/mol. The summed E-state index contributed by atoms with van der Waals surface area (Å²) in [5, 5.41) is 0. The number of nitrogens with two attached hydrogens (primary N) is 1. The molecule has 0 radical (unpaired) electrons. The average molecular weight is 372 g/mol. The van der Waals surface area contributed by atoms with Gasteiger partial charge in [-0.2, -0.15) is 0 Å². The molecule has 2 rings (SSSR count). The zero-order valence-electron chi connectivity index (χ0n) is 10.9. The lowest BCUT2D eigenvalue weighted by molar-refractivity contribution is -0.123. The van der Waals surface area contributed by atoms with Crippen LogP contribution in [-0.4, -0.2) is 29.8 Å². The molecule has 0 spiro atoms. The molecule has 0 saturated carbocycles. The molecule has 0 aliphatic carbocycles. The van der Waals surface area contributed by atoms with Gasteiger partial charge < -0.3 is 10.6 Å². The summed E-state index contributed by atoms with van der Waals surface area (Å²) in [5.74, 6) is -0.287. The number of piperidine rings is 1. The van der Waals surface area contributed by atoms with Crippen LogP contribution >= 0.6 is 22.6 Å². The average Bonchev–Trinajstić information content (AvgIpc) is 2.38. The van der Waals surface area contributed by atoms with Crippen LogP contribution in [0, 0.1) is 16.4 Å². The van der Waals surface area contributed by atoms with Crippen LogP contribution in [0.3, 0.4) is 0 Å². The summed E-state index contributed by atoms with van der Waals surface area (Å²) in [4.78, 5) is 25.3. The second-order valence-corrected chi connectivity index (χ2v) is 6.11. The normalized spacial score (nSPS) is 16.4. The van der Waals surface area contributed by atoms with Crippen molar-refractivity contribution in [3.63, 3.8) is 0 Å². The molecule has 1 aromatic carbocycles. The van der Waals surface area contributed by atoms with Crippen molar-refractivity contribution in [3.05, 3.63) is 32.9 Å². The zero-order valence-corrected chi connectivity index (χ0v) is 13.0. The molecular weight excluding hydrogens is 355 g/mol. The van der Waals surface area contributed by atoms with Crippen LogP contribution < -0.4 is 5.73 Å².